The zero-order valence-electron chi connectivity index (χ0n) is 17.0. The van der Waals surface area contributed by atoms with Gasteiger partial charge in [0.1, 0.15) is 19.3 Å². The Morgan fingerprint density at radius 2 is 1.76 bits per heavy atom. The fraction of sp³-hybridized carbons (Fsp3) is 0.364. The molecule has 0 spiro atoms. The predicted octanol–water partition coefficient (Wildman–Crippen LogP) is 3.94. The van der Waals surface area contributed by atoms with Crippen molar-refractivity contribution in [2.45, 2.75) is 39.7 Å². The molecule has 154 valence electrons. The molecule has 1 heterocycles. The van der Waals surface area contributed by atoms with E-state index >= 15 is 0 Å². The van der Waals surface area contributed by atoms with Crippen molar-refractivity contribution in [3.05, 3.63) is 42.0 Å². The number of rotatable bonds is 7. The zero-order chi connectivity index (χ0) is 20.8. The van der Waals surface area contributed by atoms with Gasteiger partial charge in [-0.05, 0) is 50.1 Å². The van der Waals surface area contributed by atoms with Crippen LogP contribution in [0.4, 0.5) is 17.1 Å². The molecule has 7 heteroatoms. The number of hydrogen-bond donors (Lipinski definition) is 3. The van der Waals surface area contributed by atoms with Crippen LogP contribution in [0.25, 0.3) is 0 Å². The molecular formula is C22H27N3O4. The summed E-state index contributed by atoms with van der Waals surface area (Å²) in [5, 5.41) is 9.02. The molecule has 1 aliphatic rings. The first-order valence-electron chi connectivity index (χ1n) is 9.84. The van der Waals surface area contributed by atoms with E-state index in [0.29, 0.717) is 36.8 Å². The van der Waals surface area contributed by atoms with E-state index in [2.05, 4.69) is 16.0 Å². The molecule has 3 N–H and O–H groups in total. The van der Waals surface area contributed by atoms with Crippen LogP contribution in [0.2, 0.25) is 0 Å². The van der Waals surface area contributed by atoms with Gasteiger partial charge < -0.3 is 25.4 Å². The van der Waals surface area contributed by atoms with Gasteiger partial charge in [-0.1, -0.05) is 13.0 Å². The Morgan fingerprint density at radius 1 is 1.03 bits per heavy atom. The number of amides is 2. The highest BCUT2D eigenvalue weighted by Crippen LogP contribution is 2.32. The largest absolute Gasteiger partial charge is 0.486 e. The number of carbonyl (C=O) groups excluding carboxylic acids is 2. The lowest BCUT2D eigenvalue weighted by atomic mass is 10.1. The Hall–Kier alpha value is -3.22. The molecule has 2 amide bonds. The third-order valence-corrected chi connectivity index (χ3v) is 4.66. The maximum Gasteiger partial charge on any atom is 0.246 e. The second kappa shape index (κ2) is 9.32. The van der Waals surface area contributed by atoms with Gasteiger partial charge in [0.25, 0.3) is 0 Å². The molecule has 7 nitrogen and oxygen atoms in total. The van der Waals surface area contributed by atoms with Crippen LogP contribution >= 0.6 is 0 Å². The summed E-state index contributed by atoms with van der Waals surface area (Å²) in [6, 6.07) is 10.4. The van der Waals surface area contributed by atoms with E-state index in [9.17, 15) is 9.59 Å². The molecule has 2 aromatic carbocycles. The SMILES string of the molecule is CCCC(=O)Nc1cccc(N[C@H](C)C(=O)Nc2ccc3c(c2)OCCO3)c1C. The highest BCUT2D eigenvalue weighted by Gasteiger charge is 2.17. The van der Waals surface area contributed by atoms with Crippen LogP contribution in [0.5, 0.6) is 11.5 Å². The van der Waals surface area contributed by atoms with Crippen LogP contribution in [0.3, 0.4) is 0 Å². The molecular weight excluding hydrogens is 370 g/mol. The third-order valence-electron chi connectivity index (χ3n) is 4.66. The van der Waals surface area contributed by atoms with Crippen LogP contribution in [0.15, 0.2) is 36.4 Å². The normalized spacial score (nSPS) is 13.3. The molecule has 0 fully saturated rings. The van der Waals surface area contributed by atoms with Crippen molar-refractivity contribution >= 4 is 28.9 Å². The minimum absolute atomic E-state index is 0.0165. The first kappa shape index (κ1) is 20.5. The topological polar surface area (TPSA) is 88.7 Å². The van der Waals surface area contributed by atoms with Crippen molar-refractivity contribution in [1.29, 1.82) is 0 Å². The quantitative estimate of drug-likeness (QED) is 0.658. The second-order valence-electron chi connectivity index (χ2n) is 6.99. The van der Waals surface area contributed by atoms with Crippen LogP contribution in [-0.4, -0.2) is 31.1 Å². The average Bonchev–Trinajstić information content (AvgIpc) is 2.71. The predicted molar refractivity (Wildman–Crippen MR) is 114 cm³/mol. The summed E-state index contributed by atoms with van der Waals surface area (Å²) in [6.07, 6.45) is 1.27. The van der Waals surface area contributed by atoms with Crippen LogP contribution in [0, 0.1) is 6.92 Å². The molecule has 0 saturated heterocycles. The fourth-order valence-corrected chi connectivity index (χ4v) is 3.04. The van der Waals surface area contributed by atoms with Crippen molar-refractivity contribution < 1.29 is 19.1 Å². The van der Waals surface area contributed by atoms with Crippen molar-refractivity contribution in [2.75, 3.05) is 29.2 Å². The minimum atomic E-state index is -0.483. The molecule has 2 aromatic rings. The molecule has 0 radical (unpaired) electrons. The summed E-state index contributed by atoms with van der Waals surface area (Å²) in [4.78, 5) is 24.5. The smallest absolute Gasteiger partial charge is 0.246 e. The van der Waals surface area contributed by atoms with Gasteiger partial charge in [-0.2, -0.15) is 0 Å². The third kappa shape index (κ3) is 5.19. The molecule has 29 heavy (non-hydrogen) atoms. The molecule has 3 rings (SSSR count). The molecule has 0 saturated carbocycles. The standard InChI is InChI=1S/C22H27N3O4/c1-4-6-21(26)25-18-8-5-7-17(14(18)2)23-15(3)22(27)24-16-9-10-19-20(13-16)29-12-11-28-19/h5,7-10,13,15,23H,4,6,11-12H2,1-3H3,(H,24,27)(H,25,26)/t15-/m1/s1. The van der Waals surface area contributed by atoms with Gasteiger partial charge in [-0.15, -0.1) is 0 Å². The van der Waals surface area contributed by atoms with E-state index in [1.54, 1.807) is 25.1 Å². The number of anilines is 3. The summed E-state index contributed by atoms with van der Waals surface area (Å²) < 4.78 is 11.1. The van der Waals surface area contributed by atoms with Crippen LogP contribution in [-0.2, 0) is 9.59 Å². The lowest BCUT2D eigenvalue weighted by molar-refractivity contribution is -0.117. The van der Waals surface area contributed by atoms with Gasteiger partial charge in [-0.3, -0.25) is 9.59 Å². The fourth-order valence-electron chi connectivity index (χ4n) is 3.04. The van der Waals surface area contributed by atoms with Gasteiger partial charge in [0.05, 0.1) is 0 Å². The zero-order valence-corrected chi connectivity index (χ0v) is 17.0. The molecule has 1 aliphatic heterocycles. The number of ether oxygens (including phenoxy) is 2. The Kier molecular flexibility index (Phi) is 6.59. The summed E-state index contributed by atoms with van der Waals surface area (Å²) in [5.41, 5.74) is 3.07. The average molecular weight is 397 g/mol. The van der Waals surface area contributed by atoms with Crippen LogP contribution < -0.4 is 25.4 Å². The summed E-state index contributed by atoms with van der Waals surface area (Å²) in [7, 11) is 0. The minimum Gasteiger partial charge on any atom is -0.486 e. The Balaban J connectivity index is 1.64. The van der Waals surface area contributed by atoms with E-state index in [1.165, 1.54) is 0 Å². The van der Waals surface area contributed by atoms with E-state index in [-0.39, 0.29) is 11.8 Å². The molecule has 1 atom stereocenters. The Bertz CT molecular complexity index is 898. The van der Waals surface area contributed by atoms with E-state index in [4.69, 9.17) is 9.47 Å². The number of carbonyl (C=O) groups is 2. The molecule has 0 aromatic heterocycles. The highest BCUT2D eigenvalue weighted by molar-refractivity contribution is 5.97. The van der Waals surface area contributed by atoms with Gasteiger partial charge in [0.15, 0.2) is 11.5 Å². The van der Waals surface area contributed by atoms with Crippen molar-refractivity contribution in [2.24, 2.45) is 0 Å². The second-order valence-corrected chi connectivity index (χ2v) is 6.99. The van der Waals surface area contributed by atoms with E-state index < -0.39 is 6.04 Å². The number of benzene rings is 2. The Morgan fingerprint density at radius 3 is 2.52 bits per heavy atom. The van der Waals surface area contributed by atoms with Gasteiger partial charge in [-0.25, -0.2) is 0 Å². The van der Waals surface area contributed by atoms with E-state index in [0.717, 1.165) is 23.4 Å². The van der Waals surface area contributed by atoms with E-state index in [1.807, 2.05) is 32.0 Å². The maximum absolute atomic E-state index is 12.6. The summed E-state index contributed by atoms with van der Waals surface area (Å²) in [5.74, 6) is 1.11. The summed E-state index contributed by atoms with van der Waals surface area (Å²) >= 11 is 0. The number of fused-ring (bicyclic) bond motifs is 1. The van der Waals surface area contributed by atoms with Gasteiger partial charge in [0.2, 0.25) is 11.8 Å². The lowest BCUT2D eigenvalue weighted by Crippen LogP contribution is -2.32. The first-order chi connectivity index (χ1) is 14.0. The lowest BCUT2D eigenvalue weighted by Gasteiger charge is -2.21. The van der Waals surface area contributed by atoms with Gasteiger partial charge >= 0.3 is 0 Å². The van der Waals surface area contributed by atoms with Gasteiger partial charge in [0, 0.05) is 29.5 Å². The molecule has 0 bridgehead atoms. The summed E-state index contributed by atoms with van der Waals surface area (Å²) in [6.45, 7) is 6.68. The highest BCUT2D eigenvalue weighted by atomic mass is 16.6. The van der Waals surface area contributed by atoms with Crippen LogP contribution in [0.1, 0.15) is 32.3 Å². The monoisotopic (exact) mass is 397 g/mol. The molecule has 0 aliphatic carbocycles. The number of hydrogen-bond acceptors (Lipinski definition) is 5. The Labute approximate surface area is 170 Å². The molecule has 0 unspecified atom stereocenters. The van der Waals surface area contributed by atoms with Crippen molar-refractivity contribution in [1.82, 2.24) is 0 Å². The van der Waals surface area contributed by atoms with Crippen molar-refractivity contribution in [3.8, 4) is 11.5 Å². The number of nitrogens with one attached hydrogen (secondary N) is 3. The van der Waals surface area contributed by atoms with Crippen molar-refractivity contribution in [3.63, 3.8) is 0 Å². The maximum atomic E-state index is 12.6. The first-order valence-corrected chi connectivity index (χ1v) is 9.84.